The van der Waals surface area contributed by atoms with Gasteiger partial charge in [-0.2, -0.15) is 0 Å². The molecule has 1 aromatic carbocycles. The molecule has 2 aromatic rings. The van der Waals surface area contributed by atoms with Crippen LogP contribution in [0.5, 0.6) is 0 Å². The van der Waals surface area contributed by atoms with Crippen molar-refractivity contribution in [2.24, 2.45) is 0 Å². The van der Waals surface area contributed by atoms with Crippen LogP contribution in [0.15, 0.2) is 45.8 Å². The van der Waals surface area contributed by atoms with Gasteiger partial charge < -0.3 is 4.57 Å². The summed E-state index contributed by atoms with van der Waals surface area (Å²) in [6.45, 7) is 0.290. The van der Waals surface area contributed by atoms with Gasteiger partial charge in [0.2, 0.25) is 0 Å². The largest absolute Gasteiger partial charge is 0.334 e. The van der Waals surface area contributed by atoms with Gasteiger partial charge in [0.1, 0.15) is 11.0 Å². The maximum Gasteiger partial charge on any atom is 0.183 e. The van der Waals surface area contributed by atoms with Crippen molar-refractivity contribution in [1.82, 2.24) is 4.57 Å². The number of aromatic nitrogens is 1. The lowest BCUT2D eigenvalue weighted by atomic mass is 10.2. The Bertz CT molecular complexity index is 612. The highest BCUT2D eigenvalue weighted by molar-refractivity contribution is 9.10. The molecule has 2 rings (SSSR count). The van der Waals surface area contributed by atoms with Crippen LogP contribution in [0.1, 0.15) is 5.56 Å². The summed E-state index contributed by atoms with van der Waals surface area (Å²) < 4.78 is 15.9. The fourth-order valence-electron chi connectivity index (χ4n) is 1.44. The van der Waals surface area contributed by atoms with Crippen molar-refractivity contribution in [3.63, 3.8) is 0 Å². The van der Waals surface area contributed by atoms with Crippen LogP contribution in [0.3, 0.4) is 0 Å². The van der Waals surface area contributed by atoms with Crippen molar-refractivity contribution in [3.8, 4) is 0 Å². The highest BCUT2D eigenvalue weighted by Crippen LogP contribution is 2.17. The monoisotopic (exact) mass is 315 g/mol. The van der Waals surface area contributed by atoms with Crippen molar-refractivity contribution in [2.75, 3.05) is 0 Å². The molecular weight excluding hydrogens is 308 g/mol. The molecule has 0 aliphatic carbocycles. The van der Waals surface area contributed by atoms with Crippen LogP contribution in [0.25, 0.3) is 0 Å². The van der Waals surface area contributed by atoms with E-state index in [9.17, 15) is 9.18 Å². The van der Waals surface area contributed by atoms with E-state index in [2.05, 4.69) is 15.9 Å². The Morgan fingerprint density at radius 3 is 2.71 bits per heavy atom. The maximum absolute atomic E-state index is 13.6. The second-order valence-electron chi connectivity index (χ2n) is 3.55. The average Bonchev–Trinajstić information content (AvgIpc) is 2.25. The number of halogens is 3. The number of pyridine rings is 1. The van der Waals surface area contributed by atoms with E-state index in [0.29, 0.717) is 15.2 Å². The predicted molar refractivity (Wildman–Crippen MR) is 68.9 cm³/mol. The normalized spacial score (nSPS) is 10.5. The smallest absolute Gasteiger partial charge is 0.183 e. The lowest BCUT2D eigenvalue weighted by Crippen LogP contribution is -2.08. The molecule has 0 unspecified atom stereocenters. The van der Waals surface area contributed by atoms with Crippen molar-refractivity contribution in [1.29, 1.82) is 0 Å². The van der Waals surface area contributed by atoms with Gasteiger partial charge in [0.25, 0.3) is 0 Å². The zero-order valence-electron chi connectivity index (χ0n) is 8.66. The number of hydrogen-bond donors (Lipinski definition) is 0. The summed E-state index contributed by atoms with van der Waals surface area (Å²) in [6, 6.07) is 7.52. The second kappa shape index (κ2) is 5.02. The fourth-order valence-corrected chi connectivity index (χ4v) is 2.00. The van der Waals surface area contributed by atoms with E-state index < -0.39 is 0 Å². The molecule has 0 amide bonds. The number of rotatable bonds is 2. The molecule has 0 N–H and O–H groups in total. The molecule has 0 bridgehead atoms. The third-order valence-electron chi connectivity index (χ3n) is 2.31. The molecule has 1 heterocycles. The molecule has 0 aliphatic heterocycles. The number of nitrogens with zero attached hydrogens (tertiary/aromatic N) is 1. The number of hydrogen-bond acceptors (Lipinski definition) is 1. The topological polar surface area (TPSA) is 22.0 Å². The second-order valence-corrected chi connectivity index (χ2v) is 4.85. The van der Waals surface area contributed by atoms with Gasteiger partial charge in [0.15, 0.2) is 5.43 Å². The van der Waals surface area contributed by atoms with E-state index >= 15 is 0 Å². The fraction of sp³-hybridized carbons (Fsp3) is 0.0833. The van der Waals surface area contributed by atoms with Crippen LogP contribution in [0.2, 0.25) is 5.15 Å². The van der Waals surface area contributed by atoms with Gasteiger partial charge >= 0.3 is 0 Å². The van der Waals surface area contributed by atoms with Gasteiger partial charge in [-0.3, -0.25) is 4.79 Å². The molecule has 0 radical (unpaired) electrons. The number of benzene rings is 1. The van der Waals surface area contributed by atoms with Crippen LogP contribution < -0.4 is 5.43 Å². The molecule has 17 heavy (non-hydrogen) atoms. The molecule has 2 nitrogen and oxygen atoms in total. The molecule has 0 saturated carbocycles. The predicted octanol–water partition coefficient (Wildman–Crippen LogP) is 3.45. The zero-order valence-corrected chi connectivity index (χ0v) is 11.0. The van der Waals surface area contributed by atoms with Crippen molar-refractivity contribution < 1.29 is 4.39 Å². The highest BCUT2D eigenvalue weighted by atomic mass is 79.9. The first-order chi connectivity index (χ1) is 8.06. The third-order valence-corrected chi connectivity index (χ3v) is 3.13. The van der Waals surface area contributed by atoms with E-state index in [1.807, 2.05) is 0 Å². The van der Waals surface area contributed by atoms with Crippen LogP contribution in [-0.2, 0) is 6.54 Å². The molecular formula is C12H8BrClFNO. The Balaban J connectivity index is 2.34. The zero-order chi connectivity index (χ0) is 12.4. The third kappa shape index (κ3) is 2.96. The highest BCUT2D eigenvalue weighted by Gasteiger charge is 2.05. The molecule has 0 aliphatic rings. The van der Waals surface area contributed by atoms with Gasteiger partial charge in [-0.1, -0.05) is 33.6 Å². The van der Waals surface area contributed by atoms with E-state index in [1.165, 1.54) is 18.2 Å². The summed E-state index contributed by atoms with van der Waals surface area (Å²) in [5, 5.41) is 0.291. The molecule has 0 fully saturated rings. The van der Waals surface area contributed by atoms with Crippen molar-refractivity contribution in [2.45, 2.75) is 6.54 Å². The summed E-state index contributed by atoms with van der Waals surface area (Å²) in [4.78, 5) is 11.0. The van der Waals surface area contributed by atoms with Crippen LogP contribution in [0, 0.1) is 5.82 Å². The minimum Gasteiger partial charge on any atom is -0.334 e. The average molecular weight is 317 g/mol. The minimum absolute atomic E-state index is 0.164. The van der Waals surface area contributed by atoms with Crippen LogP contribution in [0.4, 0.5) is 4.39 Å². The van der Waals surface area contributed by atoms with Gasteiger partial charge in [-0.15, -0.1) is 0 Å². The van der Waals surface area contributed by atoms with Crippen LogP contribution >= 0.6 is 27.5 Å². The summed E-state index contributed by atoms with van der Waals surface area (Å²) >= 11 is 9.09. The standard InChI is InChI=1S/C12H8BrClFNO/c13-9-2-1-8(11(15)5-9)7-16-4-3-10(17)6-12(16)14/h1-6H,7H2. The van der Waals surface area contributed by atoms with E-state index in [0.717, 1.165) is 0 Å². The lowest BCUT2D eigenvalue weighted by molar-refractivity contribution is 0.598. The molecule has 5 heteroatoms. The Morgan fingerprint density at radius 2 is 2.06 bits per heavy atom. The Morgan fingerprint density at radius 1 is 1.29 bits per heavy atom. The van der Waals surface area contributed by atoms with Crippen molar-refractivity contribution in [3.05, 3.63) is 67.8 Å². The molecule has 0 atom stereocenters. The van der Waals surface area contributed by atoms with Crippen LogP contribution in [-0.4, -0.2) is 4.57 Å². The first-order valence-electron chi connectivity index (χ1n) is 4.86. The molecule has 0 spiro atoms. The first kappa shape index (κ1) is 12.3. The summed E-state index contributed by atoms with van der Waals surface area (Å²) in [6.07, 6.45) is 1.55. The Hall–Kier alpha value is -1.13. The summed E-state index contributed by atoms with van der Waals surface area (Å²) in [7, 11) is 0. The van der Waals surface area contributed by atoms with Gasteiger partial charge in [-0.05, 0) is 12.1 Å². The van der Waals surface area contributed by atoms with Gasteiger partial charge in [0.05, 0.1) is 6.54 Å². The van der Waals surface area contributed by atoms with E-state index in [4.69, 9.17) is 11.6 Å². The minimum atomic E-state index is -0.311. The molecule has 88 valence electrons. The summed E-state index contributed by atoms with van der Waals surface area (Å²) in [5.74, 6) is -0.311. The maximum atomic E-state index is 13.6. The Kier molecular flexibility index (Phi) is 3.64. The lowest BCUT2D eigenvalue weighted by Gasteiger charge is -2.09. The van der Waals surface area contributed by atoms with Gasteiger partial charge in [-0.25, -0.2) is 4.39 Å². The Labute approximate surface area is 111 Å². The van der Waals surface area contributed by atoms with E-state index in [-0.39, 0.29) is 17.8 Å². The van der Waals surface area contributed by atoms with Gasteiger partial charge in [0, 0.05) is 28.4 Å². The van der Waals surface area contributed by atoms with Crippen molar-refractivity contribution >= 4 is 27.5 Å². The SMILES string of the molecule is O=c1ccn(Cc2ccc(Br)cc2F)c(Cl)c1. The molecule has 1 aromatic heterocycles. The first-order valence-corrected chi connectivity index (χ1v) is 6.03. The summed E-state index contributed by atoms with van der Waals surface area (Å²) in [5.41, 5.74) is 0.348. The molecule has 0 saturated heterocycles. The quantitative estimate of drug-likeness (QED) is 0.778. The van der Waals surface area contributed by atoms with E-state index in [1.54, 1.807) is 22.9 Å².